The lowest BCUT2D eigenvalue weighted by Gasteiger charge is -2.12. The number of benzene rings is 1. The van der Waals surface area contributed by atoms with E-state index >= 15 is 0 Å². The molecule has 1 N–H and O–H groups in total. The number of Topliss-reactive ketones (excluding diaryl/α,β-unsaturated/α-hetero) is 1. The van der Waals surface area contributed by atoms with Crippen molar-refractivity contribution in [2.45, 2.75) is 18.9 Å². The molecule has 1 aliphatic rings. The third-order valence-electron chi connectivity index (χ3n) is 2.83. The number of halogens is 1. The first-order valence-corrected chi connectivity index (χ1v) is 5.73. The smallest absolute Gasteiger partial charge is 0.161 e. The van der Waals surface area contributed by atoms with Crippen LogP contribution >= 0.6 is 11.6 Å². The highest BCUT2D eigenvalue weighted by Crippen LogP contribution is 2.30. The molecule has 0 bridgehead atoms. The van der Waals surface area contributed by atoms with E-state index in [9.17, 15) is 4.79 Å². The fraction of sp³-hybridized carbons (Fsp3) is 0.417. The van der Waals surface area contributed by atoms with Crippen molar-refractivity contribution in [2.75, 3.05) is 12.4 Å². The maximum Gasteiger partial charge on any atom is 0.161 e. The van der Waals surface area contributed by atoms with E-state index in [0.29, 0.717) is 12.6 Å². The molecule has 0 fully saturated rings. The first-order valence-electron chi connectivity index (χ1n) is 5.20. The summed E-state index contributed by atoms with van der Waals surface area (Å²) in [6.07, 6.45) is 2.18. The maximum absolute atomic E-state index is 11.1. The normalized spacial score (nSPS) is 18.9. The van der Waals surface area contributed by atoms with E-state index in [1.54, 1.807) is 0 Å². The van der Waals surface area contributed by atoms with Gasteiger partial charge in [0.2, 0.25) is 0 Å². The van der Waals surface area contributed by atoms with E-state index in [-0.39, 0.29) is 11.7 Å². The minimum Gasteiger partial charge on any atom is -0.303 e. The van der Waals surface area contributed by atoms with Gasteiger partial charge in [-0.3, -0.25) is 4.79 Å². The maximum atomic E-state index is 11.1. The van der Waals surface area contributed by atoms with Gasteiger partial charge in [-0.1, -0.05) is 24.3 Å². The van der Waals surface area contributed by atoms with E-state index in [1.165, 1.54) is 11.1 Å². The molecule has 0 aliphatic heterocycles. The molecule has 0 radical (unpaired) electrons. The van der Waals surface area contributed by atoms with Gasteiger partial charge in [-0.05, 0) is 24.0 Å². The van der Waals surface area contributed by atoms with Crippen LogP contribution in [0.2, 0.25) is 0 Å². The molecule has 2 rings (SSSR count). The Hall–Kier alpha value is -0.860. The van der Waals surface area contributed by atoms with E-state index in [4.69, 9.17) is 11.6 Å². The van der Waals surface area contributed by atoms with Crippen LogP contribution in [0.5, 0.6) is 0 Å². The summed E-state index contributed by atoms with van der Waals surface area (Å²) >= 11 is 5.45. The van der Waals surface area contributed by atoms with Crippen LogP contribution in [0.1, 0.15) is 23.6 Å². The second-order valence-electron chi connectivity index (χ2n) is 3.84. The zero-order valence-corrected chi connectivity index (χ0v) is 9.26. The van der Waals surface area contributed by atoms with E-state index < -0.39 is 0 Å². The fourth-order valence-corrected chi connectivity index (χ4v) is 2.15. The van der Waals surface area contributed by atoms with Crippen molar-refractivity contribution in [3.05, 3.63) is 35.4 Å². The largest absolute Gasteiger partial charge is 0.303 e. The van der Waals surface area contributed by atoms with Crippen LogP contribution in [0.4, 0.5) is 0 Å². The van der Waals surface area contributed by atoms with E-state index in [0.717, 1.165) is 12.8 Å². The van der Waals surface area contributed by atoms with Crippen molar-refractivity contribution in [3.8, 4) is 0 Å². The number of fused-ring (bicyclic) bond motifs is 1. The third-order valence-corrected chi connectivity index (χ3v) is 3.13. The molecule has 1 aromatic rings. The van der Waals surface area contributed by atoms with Crippen LogP contribution < -0.4 is 5.32 Å². The molecular formula is C12H14ClNO. The van der Waals surface area contributed by atoms with Crippen LogP contribution in [0.25, 0.3) is 0 Å². The number of hydrogen-bond acceptors (Lipinski definition) is 2. The summed E-state index contributed by atoms with van der Waals surface area (Å²) in [5, 5.41) is 3.25. The number of carbonyl (C=O) groups is 1. The SMILES string of the molecule is O=C(CCl)CNC1CCc2ccccc21. The van der Waals surface area contributed by atoms with E-state index in [2.05, 4.69) is 23.5 Å². The lowest BCUT2D eigenvalue weighted by atomic mass is 10.1. The summed E-state index contributed by atoms with van der Waals surface area (Å²) in [6.45, 7) is 0.377. The van der Waals surface area contributed by atoms with Crippen LogP contribution in [-0.4, -0.2) is 18.2 Å². The lowest BCUT2D eigenvalue weighted by Crippen LogP contribution is -2.26. The van der Waals surface area contributed by atoms with Crippen LogP contribution in [0, 0.1) is 0 Å². The average molecular weight is 224 g/mol. The monoisotopic (exact) mass is 223 g/mol. The van der Waals surface area contributed by atoms with Crippen molar-refractivity contribution in [3.63, 3.8) is 0 Å². The minimum atomic E-state index is 0.0565. The summed E-state index contributed by atoms with van der Waals surface area (Å²) in [7, 11) is 0. The molecule has 3 heteroatoms. The number of carbonyl (C=O) groups excluding carboxylic acids is 1. The average Bonchev–Trinajstić information content (AvgIpc) is 2.69. The van der Waals surface area contributed by atoms with Crippen molar-refractivity contribution in [1.82, 2.24) is 5.32 Å². The van der Waals surface area contributed by atoms with Gasteiger partial charge >= 0.3 is 0 Å². The Morgan fingerprint density at radius 3 is 3.07 bits per heavy atom. The Bertz CT molecular complexity index is 364. The molecule has 0 heterocycles. The second-order valence-corrected chi connectivity index (χ2v) is 4.11. The van der Waals surface area contributed by atoms with Gasteiger partial charge in [0.15, 0.2) is 5.78 Å². The quantitative estimate of drug-likeness (QED) is 0.792. The molecule has 0 saturated heterocycles. The highest BCUT2D eigenvalue weighted by molar-refractivity contribution is 6.27. The topological polar surface area (TPSA) is 29.1 Å². The molecule has 0 amide bonds. The molecule has 1 aromatic carbocycles. The Morgan fingerprint density at radius 2 is 2.27 bits per heavy atom. The Balaban J connectivity index is 1.99. The minimum absolute atomic E-state index is 0.0565. The first kappa shape index (κ1) is 10.7. The summed E-state index contributed by atoms with van der Waals surface area (Å²) in [6, 6.07) is 8.71. The van der Waals surface area contributed by atoms with Crippen molar-refractivity contribution >= 4 is 17.4 Å². The number of aryl methyl sites for hydroxylation is 1. The van der Waals surface area contributed by atoms with Gasteiger partial charge in [-0.25, -0.2) is 0 Å². The molecule has 2 nitrogen and oxygen atoms in total. The molecular weight excluding hydrogens is 210 g/mol. The standard InChI is InChI=1S/C12H14ClNO/c13-7-10(15)8-14-12-6-5-9-3-1-2-4-11(9)12/h1-4,12,14H,5-8H2. The zero-order valence-electron chi connectivity index (χ0n) is 8.50. The molecule has 1 aliphatic carbocycles. The zero-order chi connectivity index (χ0) is 10.7. The second kappa shape index (κ2) is 4.77. The molecule has 1 atom stereocenters. The number of nitrogens with one attached hydrogen (secondary N) is 1. The molecule has 15 heavy (non-hydrogen) atoms. The Morgan fingerprint density at radius 1 is 1.47 bits per heavy atom. The molecule has 0 aromatic heterocycles. The fourth-order valence-electron chi connectivity index (χ4n) is 2.05. The first-order chi connectivity index (χ1) is 7.31. The van der Waals surface area contributed by atoms with Gasteiger partial charge in [0.25, 0.3) is 0 Å². The van der Waals surface area contributed by atoms with Crippen molar-refractivity contribution < 1.29 is 4.79 Å². The summed E-state index contributed by atoms with van der Waals surface area (Å²) < 4.78 is 0. The van der Waals surface area contributed by atoms with Gasteiger partial charge < -0.3 is 5.32 Å². The summed E-state index contributed by atoms with van der Waals surface area (Å²) in [5.74, 6) is 0.155. The van der Waals surface area contributed by atoms with Gasteiger partial charge in [0.1, 0.15) is 0 Å². The molecule has 80 valence electrons. The third kappa shape index (κ3) is 2.39. The Labute approximate surface area is 94.6 Å². The molecule has 0 spiro atoms. The van der Waals surface area contributed by atoms with Crippen molar-refractivity contribution in [2.24, 2.45) is 0 Å². The van der Waals surface area contributed by atoms with Gasteiger partial charge in [-0.2, -0.15) is 0 Å². The van der Waals surface area contributed by atoms with Crippen LogP contribution in [0.15, 0.2) is 24.3 Å². The predicted molar refractivity (Wildman–Crippen MR) is 61.2 cm³/mol. The highest BCUT2D eigenvalue weighted by atomic mass is 35.5. The van der Waals surface area contributed by atoms with Crippen molar-refractivity contribution in [1.29, 1.82) is 0 Å². The van der Waals surface area contributed by atoms with Gasteiger partial charge in [0.05, 0.1) is 12.4 Å². The Kier molecular flexibility index (Phi) is 3.39. The van der Waals surface area contributed by atoms with E-state index in [1.807, 2.05) is 6.07 Å². The number of ketones is 1. The van der Waals surface area contributed by atoms with Gasteiger partial charge in [-0.15, -0.1) is 11.6 Å². The lowest BCUT2D eigenvalue weighted by molar-refractivity contribution is -0.116. The molecule has 1 unspecified atom stereocenters. The number of rotatable bonds is 4. The highest BCUT2D eigenvalue weighted by Gasteiger charge is 2.21. The predicted octanol–water partition coefficient (Wildman–Crippen LogP) is 2.07. The number of alkyl halides is 1. The van der Waals surface area contributed by atoms with Gasteiger partial charge in [0, 0.05) is 6.04 Å². The molecule has 0 saturated carbocycles. The van der Waals surface area contributed by atoms with Crippen LogP contribution in [-0.2, 0) is 11.2 Å². The number of hydrogen-bond donors (Lipinski definition) is 1. The van der Waals surface area contributed by atoms with Crippen LogP contribution in [0.3, 0.4) is 0 Å². The summed E-state index contributed by atoms with van der Waals surface area (Å²) in [5.41, 5.74) is 2.73. The summed E-state index contributed by atoms with van der Waals surface area (Å²) in [4.78, 5) is 11.1.